The van der Waals surface area contributed by atoms with Crippen molar-refractivity contribution in [3.05, 3.63) is 65.7 Å². The standard InChI is InChI=1S/C29H34N2O5/c1-34-24-19-25(35-2)28(26(20-24)36-3)22-11-17-31(18-12-22)29(33)23-13-15-30(16-14-23)27(32)10-9-21-7-5-4-6-8-21/h4-11,19-20,23H,12-18H2,1-3H3/b10-9+. The molecule has 0 radical (unpaired) electrons. The molecule has 0 aliphatic carbocycles. The Morgan fingerprint density at radius 2 is 1.56 bits per heavy atom. The van der Waals surface area contributed by atoms with Gasteiger partial charge >= 0.3 is 0 Å². The summed E-state index contributed by atoms with van der Waals surface area (Å²) in [6.07, 6.45) is 7.64. The van der Waals surface area contributed by atoms with E-state index in [1.54, 1.807) is 27.4 Å². The van der Waals surface area contributed by atoms with E-state index in [1.807, 2.05) is 58.3 Å². The van der Waals surface area contributed by atoms with Gasteiger partial charge in [-0.05, 0) is 36.5 Å². The van der Waals surface area contributed by atoms with Crippen molar-refractivity contribution in [3.8, 4) is 17.2 Å². The number of amides is 2. The van der Waals surface area contributed by atoms with Gasteiger partial charge < -0.3 is 24.0 Å². The fraction of sp³-hybridized carbons (Fsp3) is 0.379. The number of nitrogens with zero attached hydrogens (tertiary/aromatic N) is 2. The van der Waals surface area contributed by atoms with Crippen molar-refractivity contribution in [2.75, 3.05) is 47.5 Å². The lowest BCUT2D eigenvalue weighted by molar-refractivity contribution is -0.139. The molecule has 0 saturated carbocycles. The lowest BCUT2D eigenvalue weighted by Gasteiger charge is -2.35. The largest absolute Gasteiger partial charge is 0.496 e. The van der Waals surface area contributed by atoms with Crippen LogP contribution in [0.3, 0.4) is 0 Å². The quantitative estimate of drug-likeness (QED) is 0.542. The molecule has 2 aromatic carbocycles. The first kappa shape index (κ1) is 25.4. The molecule has 7 heteroatoms. The molecule has 2 aliphatic heterocycles. The molecule has 2 amide bonds. The van der Waals surface area contributed by atoms with Crippen molar-refractivity contribution >= 4 is 23.5 Å². The third-order valence-electron chi connectivity index (χ3n) is 6.93. The molecule has 2 aliphatic rings. The lowest BCUT2D eigenvalue weighted by Crippen LogP contribution is -2.45. The van der Waals surface area contributed by atoms with E-state index < -0.39 is 0 Å². The lowest BCUT2D eigenvalue weighted by atomic mass is 9.93. The third-order valence-corrected chi connectivity index (χ3v) is 6.93. The summed E-state index contributed by atoms with van der Waals surface area (Å²) in [6, 6.07) is 13.5. The van der Waals surface area contributed by atoms with Crippen LogP contribution in [0.15, 0.2) is 54.6 Å². The Bertz CT molecular complexity index is 1110. The van der Waals surface area contributed by atoms with E-state index in [2.05, 4.69) is 6.08 Å². The predicted molar refractivity (Wildman–Crippen MR) is 140 cm³/mol. The van der Waals surface area contributed by atoms with Gasteiger partial charge in [0.2, 0.25) is 11.8 Å². The number of rotatable bonds is 7. The van der Waals surface area contributed by atoms with Crippen LogP contribution in [0, 0.1) is 5.92 Å². The first-order valence-corrected chi connectivity index (χ1v) is 12.3. The number of likely N-dealkylation sites (tertiary alicyclic amines) is 1. The Morgan fingerprint density at radius 3 is 2.11 bits per heavy atom. The van der Waals surface area contributed by atoms with E-state index in [9.17, 15) is 9.59 Å². The summed E-state index contributed by atoms with van der Waals surface area (Å²) in [7, 11) is 4.87. The van der Waals surface area contributed by atoms with E-state index in [1.165, 1.54) is 0 Å². The second kappa shape index (κ2) is 11.8. The maximum atomic E-state index is 13.2. The van der Waals surface area contributed by atoms with Gasteiger partial charge in [0.05, 0.1) is 26.9 Å². The van der Waals surface area contributed by atoms with Crippen LogP contribution in [0.2, 0.25) is 0 Å². The second-order valence-electron chi connectivity index (χ2n) is 9.01. The highest BCUT2D eigenvalue weighted by atomic mass is 16.5. The number of ether oxygens (including phenoxy) is 3. The van der Waals surface area contributed by atoms with Crippen LogP contribution in [0.25, 0.3) is 11.6 Å². The summed E-state index contributed by atoms with van der Waals surface area (Å²) in [4.78, 5) is 29.6. The Balaban J connectivity index is 1.34. The number of methoxy groups -OCH3 is 3. The topological polar surface area (TPSA) is 68.3 Å². The van der Waals surface area contributed by atoms with Crippen LogP contribution < -0.4 is 14.2 Å². The Hall–Kier alpha value is -3.74. The van der Waals surface area contributed by atoms with E-state index in [0.717, 1.165) is 16.7 Å². The van der Waals surface area contributed by atoms with Gasteiger partial charge in [-0.25, -0.2) is 0 Å². The molecule has 0 bridgehead atoms. The molecule has 190 valence electrons. The Kier molecular flexibility index (Phi) is 8.31. The highest BCUT2D eigenvalue weighted by molar-refractivity contribution is 5.92. The van der Waals surface area contributed by atoms with Gasteiger partial charge in [-0.15, -0.1) is 0 Å². The van der Waals surface area contributed by atoms with Crippen LogP contribution in [0.5, 0.6) is 17.2 Å². The summed E-state index contributed by atoms with van der Waals surface area (Å²) in [6.45, 7) is 2.39. The van der Waals surface area contributed by atoms with Gasteiger partial charge in [0.25, 0.3) is 0 Å². The molecule has 0 atom stereocenters. The van der Waals surface area contributed by atoms with Crippen LogP contribution in [0.4, 0.5) is 0 Å². The van der Waals surface area contributed by atoms with Gasteiger partial charge in [0, 0.05) is 50.3 Å². The van der Waals surface area contributed by atoms with E-state index in [0.29, 0.717) is 62.7 Å². The molecular formula is C29H34N2O5. The van der Waals surface area contributed by atoms with Crippen LogP contribution in [-0.2, 0) is 9.59 Å². The van der Waals surface area contributed by atoms with Gasteiger partial charge in [0.1, 0.15) is 17.2 Å². The molecule has 7 nitrogen and oxygen atoms in total. The summed E-state index contributed by atoms with van der Waals surface area (Å²) >= 11 is 0. The number of piperidine rings is 1. The maximum absolute atomic E-state index is 13.2. The van der Waals surface area contributed by atoms with Gasteiger partial charge in [-0.2, -0.15) is 0 Å². The predicted octanol–water partition coefficient (Wildman–Crippen LogP) is 4.28. The zero-order chi connectivity index (χ0) is 25.5. The highest BCUT2D eigenvalue weighted by Gasteiger charge is 2.31. The molecule has 36 heavy (non-hydrogen) atoms. The van der Waals surface area contributed by atoms with Gasteiger partial charge in [-0.3, -0.25) is 9.59 Å². The van der Waals surface area contributed by atoms with Gasteiger partial charge in [0.15, 0.2) is 0 Å². The van der Waals surface area contributed by atoms with Crippen molar-refractivity contribution in [2.24, 2.45) is 5.92 Å². The normalized spacial score (nSPS) is 16.6. The van der Waals surface area contributed by atoms with E-state index in [4.69, 9.17) is 14.2 Å². The van der Waals surface area contributed by atoms with Crippen molar-refractivity contribution < 1.29 is 23.8 Å². The summed E-state index contributed by atoms with van der Waals surface area (Å²) in [5.74, 6) is 2.17. The molecular weight excluding hydrogens is 456 g/mol. The molecule has 0 unspecified atom stereocenters. The number of hydrogen-bond donors (Lipinski definition) is 0. The first-order valence-electron chi connectivity index (χ1n) is 12.3. The molecule has 4 rings (SSSR count). The third kappa shape index (κ3) is 5.73. The summed E-state index contributed by atoms with van der Waals surface area (Å²) in [5, 5.41) is 0. The zero-order valence-electron chi connectivity index (χ0n) is 21.2. The first-order chi connectivity index (χ1) is 17.5. The number of carbonyl (C=O) groups is 2. The van der Waals surface area contributed by atoms with Crippen molar-refractivity contribution in [3.63, 3.8) is 0 Å². The van der Waals surface area contributed by atoms with E-state index in [-0.39, 0.29) is 17.7 Å². The molecule has 0 N–H and O–H groups in total. The molecule has 1 fully saturated rings. The highest BCUT2D eigenvalue weighted by Crippen LogP contribution is 2.41. The fourth-order valence-corrected chi connectivity index (χ4v) is 4.86. The number of benzene rings is 2. The monoisotopic (exact) mass is 490 g/mol. The second-order valence-corrected chi connectivity index (χ2v) is 9.01. The van der Waals surface area contributed by atoms with E-state index >= 15 is 0 Å². The Morgan fingerprint density at radius 1 is 0.889 bits per heavy atom. The fourth-order valence-electron chi connectivity index (χ4n) is 4.86. The number of hydrogen-bond acceptors (Lipinski definition) is 5. The SMILES string of the molecule is COc1cc(OC)c(C2=CCN(C(=O)C3CCN(C(=O)/C=C/c4ccccc4)CC3)CC2)c(OC)c1. The minimum atomic E-state index is -0.0489. The average molecular weight is 491 g/mol. The van der Waals surface area contributed by atoms with Crippen LogP contribution in [-0.4, -0.2) is 69.1 Å². The average Bonchev–Trinajstić information content (AvgIpc) is 2.95. The van der Waals surface area contributed by atoms with Crippen LogP contribution in [0.1, 0.15) is 30.4 Å². The molecule has 2 heterocycles. The van der Waals surface area contributed by atoms with Crippen molar-refractivity contribution in [2.45, 2.75) is 19.3 Å². The maximum Gasteiger partial charge on any atom is 0.246 e. The molecule has 1 saturated heterocycles. The van der Waals surface area contributed by atoms with Crippen molar-refractivity contribution in [1.29, 1.82) is 0 Å². The molecule has 0 spiro atoms. The molecule has 2 aromatic rings. The Labute approximate surface area is 212 Å². The summed E-state index contributed by atoms with van der Waals surface area (Å²) < 4.78 is 16.6. The minimum Gasteiger partial charge on any atom is -0.496 e. The number of carbonyl (C=O) groups excluding carboxylic acids is 2. The van der Waals surface area contributed by atoms with Gasteiger partial charge in [-0.1, -0.05) is 36.4 Å². The molecule has 0 aromatic heterocycles. The van der Waals surface area contributed by atoms with Crippen molar-refractivity contribution in [1.82, 2.24) is 9.80 Å². The summed E-state index contributed by atoms with van der Waals surface area (Å²) in [5.41, 5.74) is 3.00. The smallest absolute Gasteiger partial charge is 0.246 e. The van der Waals surface area contributed by atoms with Crippen LogP contribution >= 0.6 is 0 Å². The zero-order valence-corrected chi connectivity index (χ0v) is 21.2. The minimum absolute atomic E-state index is 0.00214.